The Morgan fingerprint density at radius 1 is 1.19 bits per heavy atom. The molecule has 0 amide bonds. The number of guanidine groups is 1. The number of para-hydroxylation sites is 1. The van der Waals surface area contributed by atoms with Crippen molar-refractivity contribution in [3.8, 4) is 11.5 Å². The van der Waals surface area contributed by atoms with Crippen LogP contribution in [0.5, 0.6) is 11.5 Å². The maximum atomic E-state index is 10.6. The van der Waals surface area contributed by atoms with Crippen molar-refractivity contribution >= 4 is 5.96 Å². The molecule has 6 nitrogen and oxygen atoms in total. The van der Waals surface area contributed by atoms with Gasteiger partial charge in [0.25, 0.3) is 0 Å². The largest absolute Gasteiger partial charge is 0.497 e. The van der Waals surface area contributed by atoms with Crippen LogP contribution in [0.3, 0.4) is 0 Å². The molecule has 1 heterocycles. The molecule has 2 aromatic rings. The summed E-state index contributed by atoms with van der Waals surface area (Å²) < 4.78 is 11.7. The molecule has 2 aromatic carbocycles. The monoisotopic (exact) mass is 423 g/mol. The van der Waals surface area contributed by atoms with Crippen LogP contribution in [0.15, 0.2) is 53.5 Å². The number of benzene rings is 2. The van der Waals surface area contributed by atoms with Gasteiger partial charge in [-0.05, 0) is 56.4 Å². The third-order valence-corrected chi connectivity index (χ3v) is 6.29. The number of rotatable bonds is 6. The van der Waals surface area contributed by atoms with Gasteiger partial charge in [0.15, 0.2) is 5.96 Å². The van der Waals surface area contributed by atoms with Gasteiger partial charge in [-0.25, -0.2) is 0 Å². The number of hydrogen-bond donors (Lipinski definition) is 3. The minimum absolute atomic E-state index is 0.0774. The Labute approximate surface area is 184 Å². The van der Waals surface area contributed by atoms with Crippen LogP contribution in [-0.4, -0.2) is 36.9 Å². The first-order chi connectivity index (χ1) is 15.1. The maximum absolute atomic E-state index is 10.6. The van der Waals surface area contributed by atoms with E-state index in [-0.39, 0.29) is 18.2 Å². The highest BCUT2D eigenvalue weighted by molar-refractivity contribution is 5.80. The van der Waals surface area contributed by atoms with E-state index in [9.17, 15) is 5.11 Å². The van der Waals surface area contributed by atoms with E-state index in [1.165, 1.54) is 18.4 Å². The highest BCUT2D eigenvalue weighted by atomic mass is 16.5. The Balaban J connectivity index is 1.50. The van der Waals surface area contributed by atoms with Crippen molar-refractivity contribution in [2.45, 2.75) is 56.8 Å². The van der Waals surface area contributed by atoms with Gasteiger partial charge in [0, 0.05) is 18.5 Å². The predicted molar refractivity (Wildman–Crippen MR) is 123 cm³/mol. The molecule has 2 atom stereocenters. The van der Waals surface area contributed by atoms with E-state index in [2.05, 4.69) is 33.8 Å². The smallest absolute Gasteiger partial charge is 0.191 e. The number of nitrogens with one attached hydrogen (secondary N) is 2. The summed E-state index contributed by atoms with van der Waals surface area (Å²) >= 11 is 0. The maximum Gasteiger partial charge on any atom is 0.191 e. The zero-order valence-corrected chi connectivity index (χ0v) is 18.4. The zero-order valence-electron chi connectivity index (χ0n) is 18.4. The third kappa shape index (κ3) is 4.96. The third-order valence-electron chi connectivity index (χ3n) is 6.29. The minimum Gasteiger partial charge on any atom is -0.497 e. The average Bonchev–Trinajstić information content (AvgIpc) is 3.24. The number of ether oxygens (including phenoxy) is 2. The highest BCUT2D eigenvalue weighted by Crippen LogP contribution is 2.46. The lowest BCUT2D eigenvalue weighted by Crippen LogP contribution is -2.46. The van der Waals surface area contributed by atoms with Crippen molar-refractivity contribution in [2.24, 2.45) is 4.99 Å². The number of hydrogen-bond acceptors (Lipinski definition) is 4. The molecule has 0 aromatic heterocycles. The Morgan fingerprint density at radius 2 is 1.94 bits per heavy atom. The van der Waals surface area contributed by atoms with Crippen LogP contribution in [0.4, 0.5) is 0 Å². The van der Waals surface area contributed by atoms with Crippen LogP contribution in [0.1, 0.15) is 62.3 Å². The van der Waals surface area contributed by atoms with E-state index in [4.69, 9.17) is 9.47 Å². The fourth-order valence-electron chi connectivity index (χ4n) is 4.67. The lowest BCUT2D eigenvalue weighted by molar-refractivity contribution is 0.0395. The van der Waals surface area contributed by atoms with Crippen molar-refractivity contribution in [3.63, 3.8) is 0 Å². The second kappa shape index (κ2) is 9.60. The molecule has 3 N–H and O–H groups in total. The molecule has 1 fully saturated rings. The minimum atomic E-state index is -0.676. The van der Waals surface area contributed by atoms with Gasteiger partial charge in [0.1, 0.15) is 17.1 Å². The second-order valence-electron chi connectivity index (χ2n) is 8.44. The van der Waals surface area contributed by atoms with Gasteiger partial charge >= 0.3 is 0 Å². The first-order valence-electron chi connectivity index (χ1n) is 11.3. The molecule has 0 bridgehead atoms. The lowest BCUT2D eigenvalue weighted by atomic mass is 9.86. The number of fused-ring (bicyclic) bond motifs is 1. The Kier molecular flexibility index (Phi) is 6.66. The van der Waals surface area contributed by atoms with Crippen LogP contribution in [0, 0.1) is 0 Å². The summed E-state index contributed by atoms with van der Waals surface area (Å²) in [6, 6.07) is 15.9. The SMILES string of the molecule is CCNC(=NCC(O)c1ccc(OC)cc1)NC1CC2(CCCC2)Oc2ccccc21. The first-order valence-corrected chi connectivity index (χ1v) is 11.3. The molecule has 6 heteroatoms. The van der Waals surface area contributed by atoms with Gasteiger partial charge in [-0.1, -0.05) is 30.3 Å². The van der Waals surface area contributed by atoms with Gasteiger partial charge in [-0.3, -0.25) is 4.99 Å². The van der Waals surface area contributed by atoms with Crippen molar-refractivity contribution in [1.29, 1.82) is 0 Å². The topological polar surface area (TPSA) is 75.1 Å². The van der Waals surface area contributed by atoms with E-state index in [0.717, 1.165) is 42.9 Å². The molecule has 0 radical (unpaired) electrons. The lowest BCUT2D eigenvalue weighted by Gasteiger charge is -2.40. The van der Waals surface area contributed by atoms with Crippen LogP contribution in [0.2, 0.25) is 0 Å². The first kappa shape index (κ1) is 21.5. The molecule has 1 saturated carbocycles. The van der Waals surface area contributed by atoms with Gasteiger partial charge in [0.2, 0.25) is 0 Å². The zero-order chi connectivity index (χ0) is 21.7. The predicted octanol–water partition coefficient (Wildman–Crippen LogP) is 4.12. The molecule has 2 aliphatic rings. The summed E-state index contributed by atoms with van der Waals surface area (Å²) in [5.41, 5.74) is 1.91. The number of aliphatic imine (C=N–C) groups is 1. The van der Waals surface area contributed by atoms with Crippen molar-refractivity contribution < 1.29 is 14.6 Å². The molecule has 1 spiro atoms. The van der Waals surface area contributed by atoms with Crippen LogP contribution < -0.4 is 20.1 Å². The second-order valence-corrected chi connectivity index (χ2v) is 8.44. The summed E-state index contributed by atoms with van der Waals surface area (Å²) in [5.74, 6) is 2.46. The van der Waals surface area contributed by atoms with Crippen LogP contribution >= 0.6 is 0 Å². The molecular weight excluding hydrogens is 390 g/mol. The number of methoxy groups -OCH3 is 1. The van der Waals surface area contributed by atoms with E-state index < -0.39 is 6.10 Å². The standard InChI is InChI=1S/C25H33N3O3/c1-3-26-24(27-17-22(29)18-10-12-19(30-2)13-11-18)28-21-16-25(14-6-7-15-25)31-23-9-5-4-8-20(21)23/h4-5,8-13,21-22,29H,3,6-7,14-17H2,1-2H3,(H2,26,27,28). The fraction of sp³-hybridized carbons (Fsp3) is 0.480. The fourth-order valence-corrected chi connectivity index (χ4v) is 4.67. The van der Waals surface area contributed by atoms with Crippen LogP contribution in [-0.2, 0) is 0 Å². The summed E-state index contributed by atoms with van der Waals surface area (Å²) in [7, 11) is 1.63. The highest BCUT2D eigenvalue weighted by Gasteiger charge is 2.43. The van der Waals surface area contributed by atoms with Gasteiger partial charge in [-0.2, -0.15) is 0 Å². The quantitative estimate of drug-likeness (QED) is 0.481. The molecule has 4 rings (SSSR count). The molecule has 1 aliphatic heterocycles. The Morgan fingerprint density at radius 3 is 2.65 bits per heavy atom. The van der Waals surface area contributed by atoms with E-state index in [0.29, 0.717) is 5.96 Å². The summed E-state index contributed by atoms with van der Waals surface area (Å²) in [5, 5.41) is 17.6. The average molecular weight is 424 g/mol. The molecule has 1 aliphatic carbocycles. The van der Waals surface area contributed by atoms with Crippen molar-refractivity contribution in [2.75, 3.05) is 20.2 Å². The van der Waals surface area contributed by atoms with E-state index in [1.807, 2.05) is 37.3 Å². The van der Waals surface area contributed by atoms with Gasteiger partial charge in [0.05, 0.1) is 25.8 Å². The van der Waals surface area contributed by atoms with Gasteiger partial charge in [-0.15, -0.1) is 0 Å². The normalized spacial score (nSPS) is 20.6. The molecule has 0 saturated heterocycles. The van der Waals surface area contributed by atoms with Crippen LogP contribution in [0.25, 0.3) is 0 Å². The molecule has 166 valence electrons. The van der Waals surface area contributed by atoms with Crippen molar-refractivity contribution in [1.82, 2.24) is 10.6 Å². The number of nitrogens with zero attached hydrogens (tertiary/aromatic N) is 1. The van der Waals surface area contributed by atoms with E-state index in [1.54, 1.807) is 7.11 Å². The Bertz CT molecular complexity index is 891. The number of aliphatic hydroxyl groups is 1. The Hall–Kier alpha value is -2.73. The van der Waals surface area contributed by atoms with Crippen molar-refractivity contribution in [3.05, 3.63) is 59.7 Å². The summed E-state index contributed by atoms with van der Waals surface area (Å²) in [4.78, 5) is 4.69. The number of aliphatic hydroxyl groups excluding tert-OH is 1. The van der Waals surface area contributed by atoms with Gasteiger partial charge < -0.3 is 25.2 Å². The molecule has 2 unspecified atom stereocenters. The molecular formula is C25H33N3O3. The van der Waals surface area contributed by atoms with E-state index >= 15 is 0 Å². The summed E-state index contributed by atoms with van der Waals surface area (Å²) in [6.45, 7) is 3.08. The summed E-state index contributed by atoms with van der Waals surface area (Å²) in [6.07, 6.45) is 4.89. The molecule has 31 heavy (non-hydrogen) atoms.